The van der Waals surface area contributed by atoms with Gasteiger partial charge in [-0.15, -0.1) is 0 Å². The predicted molar refractivity (Wildman–Crippen MR) is 112 cm³/mol. The van der Waals surface area contributed by atoms with Crippen LogP contribution >= 0.6 is 0 Å². The molecule has 28 heavy (non-hydrogen) atoms. The van der Waals surface area contributed by atoms with E-state index in [1.807, 2.05) is 70.0 Å². The van der Waals surface area contributed by atoms with Gasteiger partial charge >= 0.3 is 0 Å². The molecule has 0 atom stereocenters. The van der Waals surface area contributed by atoms with E-state index in [-0.39, 0.29) is 17.5 Å². The van der Waals surface area contributed by atoms with Gasteiger partial charge in [0.2, 0.25) is 5.91 Å². The van der Waals surface area contributed by atoms with Gasteiger partial charge in [-0.3, -0.25) is 9.59 Å². The second-order valence-corrected chi connectivity index (χ2v) is 7.36. The van der Waals surface area contributed by atoms with Gasteiger partial charge in [0, 0.05) is 12.5 Å². The number of anilines is 1. The molecule has 0 saturated heterocycles. The Morgan fingerprint density at radius 1 is 0.929 bits per heavy atom. The van der Waals surface area contributed by atoms with Crippen molar-refractivity contribution in [2.45, 2.75) is 45.1 Å². The molecule has 1 aromatic heterocycles. The average molecular weight is 375 g/mol. The van der Waals surface area contributed by atoms with Crippen LogP contribution in [0.3, 0.4) is 0 Å². The topological polar surface area (TPSA) is 56.0 Å². The molecule has 0 unspecified atom stereocenters. The summed E-state index contributed by atoms with van der Waals surface area (Å²) in [7, 11) is 0. The molecule has 5 nitrogen and oxygen atoms in total. The summed E-state index contributed by atoms with van der Waals surface area (Å²) in [6.45, 7) is 1.44. The Balaban J connectivity index is 2.04. The molecule has 1 N–H and O–H groups in total. The number of carbonyl (C=O) groups excluding carboxylic acids is 1. The van der Waals surface area contributed by atoms with Crippen LogP contribution < -0.4 is 10.9 Å². The maximum Gasteiger partial charge on any atom is 0.291 e. The summed E-state index contributed by atoms with van der Waals surface area (Å²) in [6.07, 6.45) is 5.40. The number of benzene rings is 2. The van der Waals surface area contributed by atoms with Crippen LogP contribution in [0.25, 0.3) is 16.9 Å². The van der Waals surface area contributed by atoms with Crippen molar-refractivity contribution in [1.29, 1.82) is 0 Å². The van der Waals surface area contributed by atoms with Crippen LogP contribution in [0, 0.1) is 0 Å². The molecular weight excluding hydrogens is 350 g/mol. The zero-order chi connectivity index (χ0) is 19.5. The summed E-state index contributed by atoms with van der Waals surface area (Å²) >= 11 is 0. The molecule has 144 valence electrons. The molecular formula is C23H25N3O2. The normalized spacial score (nSPS) is 14.8. The van der Waals surface area contributed by atoms with Crippen molar-refractivity contribution in [3.05, 3.63) is 71.0 Å². The number of carbonyl (C=O) groups is 1. The first-order chi connectivity index (χ1) is 13.7. The molecule has 3 aromatic rings. The number of aromatic nitrogens is 2. The molecule has 1 aliphatic rings. The molecule has 4 rings (SSSR count). The maximum atomic E-state index is 13.5. The van der Waals surface area contributed by atoms with E-state index in [2.05, 4.69) is 5.32 Å². The van der Waals surface area contributed by atoms with Gasteiger partial charge in [0.25, 0.3) is 5.56 Å². The van der Waals surface area contributed by atoms with E-state index in [1.165, 1.54) is 13.3 Å². The Morgan fingerprint density at radius 3 is 2.14 bits per heavy atom. The van der Waals surface area contributed by atoms with E-state index in [0.717, 1.165) is 42.6 Å². The Hall–Kier alpha value is -3.08. The lowest BCUT2D eigenvalue weighted by Gasteiger charge is -2.26. The van der Waals surface area contributed by atoms with Crippen LogP contribution in [0.4, 0.5) is 5.69 Å². The van der Waals surface area contributed by atoms with Crippen molar-refractivity contribution in [3.8, 4) is 16.9 Å². The maximum absolute atomic E-state index is 13.5. The van der Waals surface area contributed by atoms with Crippen LogP contribution in [0.15, 0.2) is 65.5 Å². The van der Waals surface area contributed by atoms with Gasteiger partial charge in [-0.1, -0.05) is 67.8 Å². The quantitative estimate of drug-likeness (QED) is 0.714. The SMILES string of the molecule is CC(=O)Nc1c(-c2ccccc2)n(-c2ccccc2)n(C2CCCCC2)c1=O. The van der Waals surface area contributed by atoms with Gasteiger partial charge in [-0.25, -0.2) is 9.36 Å². The zero-order valence-electron chi connectivity index (χ0n) is 16.1. The second-order valence-electron chi connectivity index (χ2n) is 7.36. The minimum absolute atomic E-state index is 0.131. The standard InChI is InChI=1S/C23H25N3O2/c1-17(27)24-21-22(18-11-5-2-6-12-18)25(19-13-7-3-8-14-19)26(23(21)28)20-15-9-4-10-16-20/h2-3,5-8,11-14,20H,4,9-10,15-16H2,1H3,(H,24,27). The van der Waals surface area contributed by atoms with Crippen molar-refractivity contribution in [2.24, 2.45) is 0 Å². The van der Waals surface area contributed by atoms with E-state index in [9.17, 15) is 9.59 Å². The third-order valence-electron chi connectivity index (χ3n) is 5.36. The smallest absolute Gasteiger partial charge is 0.291 e. The molecule has 1 saturated carbocycles. The van der Waals surface area contributed by atoms with Gasteiger partial charge in [-0.2, -0.15) is 0 Å². The van der Waals surface area contributed by atoms with Crippen LogP contribution in [-0.4, -0.2) is 15.3 Å². The molecule has 1 amide bonds. The summed E-state index contributed by atoms with van der Waals surface area (Å²) in [4.78, 5) is 25.4. The summed E-state index contributed by atoms with van der Waals surface area (Å²) in [5, 5.41) is 2.82. The van der Waals surface area contributed by atoms with Crippen molar-refractivity contribution in [3.63, 3.8) is 0 Å². The number of hydrogen-bond donors (Lipinski definition) is 1. The van der Waals surface area contributed by atoms with Crippen molar-refractivity contribution in [1.82, 2.24) is 9.36 Å². The third-order valence-corrected chi connectivity index (χ3v) is 5.36. The third kappa shape index (κ3) is 3.40. The molecule has 2 aromatic carbocycles. The number of amides is 1. The van der Waals surface area contributed by atoms with Crippen molar-refractivity contribution in [2.75, 3.05) is 5.32 Å². The van der Waals surface area contributed by atoms with E-state index >= 15 is 0 Å². The lowest BCUT2D eigenvalue weighted by Crippen LogP contribution is -2.29. The molecule has 5 heteroatoms. The fourth-order valence-electron chi connectivity index (χ4n) is 4.15. The highest BCUT2D eigenvalue weighted by Crippen LogP contribution is 2.34. The lowest BCUT2D eigenvalue weighted by molar-refractivity contribution is -0.114. The first-order valence-corrected chi connectivity index (χ1v) is 9.93. The number of rotatable bonds is 4. The Labute approximate surface area is 164 Å². The molecule has 0 bridgehead atoms. The summed E-state index contributed by atoms with van der Waals surface area (Å²) < 4.78 is 3.86. The summed E-state index contributed by atoms with van der Waals surface area (Å²) in [5.41, 5.74) is 2.78. The first kappa shape index (κ1) is 18.3. The minimum atomic E-state index is -0.240. The largest absolute Gasteiger partial charge is 0.320 e. The Bertz CT molecular complexity index is 1010. The predicted octanol–water partition coefficient (Wildman–Crippen LogP) is 4.77. The molecule has 0 spiro atoms. The van der Waals surface area contributed by atoms with Crippen molar-refractivity contribution < 1.29 is 4.79 Å². The van der Waals surface area contributed by atoms with Crippen molar-refractivity contribution >= 4 is 11.6 Å². The summed E-state index contributed by atoms with van der Waals surface area (Å²) in [6, 6.07) is 19.8. The highest BCUT2D eigenvalue weighted by Gasteiger charge is 2.28. The van der Waals surface area contributed by atoms with Gasteiger partial charge in [0.15, 0.2) is 0 Å². The van der Waals surface area contributed by atoms with Gasteiger partial charge in [0.05, 0.1) is 17.4 Å². The highest BCUT2D eigenvalue weighted by atomic mass is 16.2. The number of nitrogens with one attached hydrogen (secondary N) is 1. The van der Waals surface area contributed by atoms with Gasteiger partial charge in [0.1, 0.15) is 5.69 Å². The fraction of sp³-hybridized carbons (Fsp3) is 0.304. The molecule has 1 fully saturated rings. The fourth-order valence-corrected chi connectivity index (χ4v) is 4.15. The van der Waals surface area contributed by atoms with E-state index in [4.69, 9.17) is 0 Å². The van der Waals surface area contributed by atoms with Crippen LogP contribution in [0.2, 0.25) is 0 Å². The zero-order valence-corrected chi connectivity index (χ0v) is 16.1. The minimum Gasteiger partial charge on any atom is -0.320 e. The molecule has 1 heterocycles. The summed E-state index contributed by atoms with van der Waals surface area (Å²) in [5.74, 6) is -0.240. The van der Waals surface area contributed by atoms with E-state index in [0.29, 0.717) is 5.69 Å². The Kier molecular flexibility index (Phi) is 5.15. The number of nitrogens with zero attached hydrogens (tertiary/aromatic N) is 2. The lowest BCUT2D eigenvalue weighted by atomic mass is 9.96. The molecule has 1 aliphatic carbocycles. The van der Waals surface area contributed by atoms with Crippen LogP contribution in [0.1, 0.15) is 45.1 Å². The first-order valence-electron chi connectivity index (χ1n) is 9.93. The monoisotopic (exact) mass is 375 g/mol. The van der Waals surface area contributed by atoms with E-state index in [1.54, 1.807) is 0 Å². The average Bonchev–Trinajstić information content (AvgIpc) is 3.02. The van der Waals surface area contributed by atoms with Crippen LogP contribution in [-0.2, 0) is 4.79 Å². The van der Waals surface area contributed by atoms with Gasteiger partial charge in [-0.05, 0) is 25.0 Å². The van der Waals surface area contributed by atoms with Crippen LogP contribution in [0.5, 0.6) is 0 Å². The molecule has 0 aliphatic heterocycles. The second kappa shape index (κ2) is 7.89. The number of para-hydroxylation sites is 1. The highest BCUT2D eigenvalue weighted by molar-refractivity contribution is 5.93. The van der Waals surface area contributed by atoms with E-state index < -0.39 is 0 Å². The molecule has 0 radical (unpaired) electrons. The van der Waals surface area contributed by atoms with Gasteiger partial charge < -0.3 is 5.32 Å². The number of hydrogen-bond acceptors (Lipinski definition) is 2. The Morgan fingerprint density at radius 2 is 1.54 bits per heavy atom.